The molecule has 0 aromatic carbocycles. The number of carbonyl (C=O) groups is 1. The average Bonchev–Trinajstić information content (AvgIpc) is 2.24. The Labute approximate surface area is 123 Å². The van der Waals surface area contributed by atoms with E-state index in [-0.39, 0.29) is 0 Å². The molecule has 13 heteroatoms. The number of carboxylic acid groups (broad SMARTS) is 1. The highest BCUT2D eigenvalue weighted by Gasteiger charge is 2.81. The van der Waals surface area contributed by atoms with Gasteiger partial charge in [0, 0.05) is 6.42 Å². The van der Waals surface area contributed by atoms with Crippen molar-refractivity contribution >= 4 is 6.09 Å². The van der Waals surface area contributed by atoms with Crippen LogP contribution in [0.15, 0.2) is 0 Å². The van der Waals surface area contributed by atoms with Gasteiger partial charge in [-0.05, 0) is 0 Å². The molecule has 0 spiro atoms. The van der Waals surface area contributed by atoms with E-state index in [9.17, 15) is 49.4 Å². The molecule has 0 aliphatic carbocycles. The van der Waals surface area contributed by atoms with Gasteiger partial charge in [-0.3, -0.25) is 0 Å². The Morgan fingerprint density at radius 3 is 1.65 bits per heavy atom. The molecule has 0 bridgehead atoms. The second-order valence-corrected chi connectivity index (χ2v) is 5.36. The molecule has 0 aromatic heterocycles. The maximum Gasteiger partial charge on any atom is 0.513 e. The van der Waals surface area contributed by atoms with E-state index in [2.05, 4.69) is 0 Å². The highest BCUT2D eigenvalue weighted by atomic mass is 19.4. The van der Waals surface area contributed by atoms with Crippen LogP contribution in [-0.4, -0.2) is 71.5 Å². The van der Waals surface area contributed by atoms with E-state index in [1.165, 1.54) is 0 Å². The zero-order valence-electron chi connectivity index (χ0n) is 11.6. The number of aliphatic hydroxyl groups excluding tert-OH is 1. The zero-order valence-corrected chi connectivity index (χ0v) is 11.6. The summed E-state index contributed by atoms with van der Waals surface area (Å²) in [5.41, 5.74) is 0. The number of amides is 1. The molecule has 23 heavy (non-hydrogen) atoms. The molecule has 1 unspecified atom stereocenters. The van der Waals surface area contributed by atoms with E-state index in [0.29, 0.717) is 0 Å². The summed E-state index contributed by atoms with van der Waals surface area (Å²) in [5.74, 6) is -19.8. The maximum absolute atomic E-state index is 13.2. The lowest BCUT2D eigenvalue weighted by molar-refractivity contribution is -0.820. The van der Waals surface area contributed by atoms with Crippen LogP contribution < -0.4 is 0 Å². The van der Waals surface area contributed by atoms with E-state index in [1.54, 1.807) is 0 Å². The van der Waals surface area contributed by atoms with E-state index in [0.717, 1.165) is 14.1 Å². The van der Waals surface area contributed by atoms with Crippen LogP contribution in [0.5, 0.6) is 0 Å². The van der Waals surface area contributed by atoms with Gasteiger partial charge in [0.25, 0.3) is 0 Å². The molecule has 0 aromatic rings. The summed E-state index contributed by atoms with van der Waals surface area (Å²) in [4.78, 5) is 10.7. The van der Waals surface area contributed by atoms with Gasteiger partial charge in [0.05, 0.1) is 14.1 Å². The van der Waals surface area contributed by atoms with Gasteiger partial charge in [-0.1, -0.05) is 0 Å². The number of halogens is 9. The SMILES string of the molecule is C[N+](C)(CC(O)CC(F)(F)C(F)(F)C(F)(F)C(F)(F)F)C(=O)O. The van der Waals surface area contributed by atoms with Crippen molar-refractivity contribution in [1.29, 1.82) is 0 Å². The Balaban J connectivity index is 5.38. The Hall–Kier alpha value is -1.24. The molecule has 0 radical (unpaired) electrons. The number of hydrogen-bond acceptors (Lipinski definition) is 2. The number of rotatable bonds is 6. The summed E-state index contributed by atoms with van der Waals surface area (Å²) in [6.45, 7) is -1.13. The van der Waals surface area contributed by atoms with Crippen molar-refractivity contribution in [3.8, 4) is 0 Å². The normalized spacial score (nSPS) is 16.3. The third kappa shape index (κ3) is 4.19. The Morgan fingerprint density at radius 2 is 1.35 bits per heavy atom. The van der Waals surface area contributed by atoms with Crippen molar-refractivity contribution in [2.75, 3.05) is 20.6 Å². The molecule has 0 saturated carbocycles. The van der Waals surface area contributed by atoms with Crippen molar-refractivity contribution in [3.05, 3.63) is 0 Å². The molecule has 1 amide bonds. The van der Waals surface area contributed by atoms with Crippen LogP contribution in [-0.2, 0) is 0 Å². The molecule has 0 aliphatic heterocycles. The lowest BCUT2D eigenvalue weighted by atomic mass is 9.98. The second-order valence-electron chi connectivity index (χ2n) is 5.36. The number of aliphatic hydroxyl groups is 1. The monoisotopic (exact) mass is 366 g/mol. The fraction of sp³-hybridized carbons (Fsp3) is 0.900. The first-order valence-corrected chi connectivity index (χ1v) is 5.74. The van der Waals surface area contributed by atoms with Crippen LogP contribution in [0.2, 0.25) is 0 Å². The minimum atomic E-state index is -7.04. The Kier molecular flexibility index (Phi) is 5.68. The van der Waals surface area contributed by atoms with Crippen LogP contribution in [0.25, 0.3) is 0 Å². The molecule has 0 rings (SSSR count). The molecule has 0 aliphatic rings. The molecule has 4 nitrogen and oxygen atoms in total. The van der Waals surface area contributed by atoms with E-state index >= 15 is 0 Å². The van der Waals surface area contributed by atoms with E-state index in [1.807, 2.05) is 0 Å². The van der Waals surface area contributed by atoms with Gasteiger partial charge in [-0.25, -0.2) is 4.48 Å². The van der Waals surface area contributed by atoms with Gasteiger partial charge in [0.15, 0.2) is 0 Å². The number of nitrogens with zero attached hydrogens (tertiary/aromatic N) is 1. The fourth-order valence-corrected chi connectivity index (χ4v) is 1.50. The Morgan fingerprint density at radius 1 is 0.957 bits per heavy atom. The number of hydrogen-bond donors (Lipinski definition) is 2. The lowest BCUT2D eigenvalue weighted by Gasteiger charge is -2.35. The van der Waals surface area contributed by atoms with Crippen molar-refractivity contribution in [3.63, 3.8) is 0 Å². The van der Waals surface area contributed by atoms with Gasteiger partial charge < -0.3 is 10.2 Å². The van der Waals surface area contributed by atoms with Crippen molar-refractivity contribution in [2.45, 2.75) is 36.5 Å². The van der Waals surface area contributed by atoms with Gasteiger partial charge in [-0.2, -0.15) is 44.3 Å². The molecule has 1 atom stereocenters. The standard InChI is InChI=1S/C10H12F9NO3/c1-20(2,6(22)23)4-5(21)3-7(11,12)8(13,14)9(15,16)10(17,18)19/h5,21H,3-4H2,1-2H3/p+1. The molecule has 0 heterocycles. The largest absolute Gasteiger partial charge is 0.513 e. The first-order chi connectivity index (χ1) is 9.79. The van der Waals surface area contributed by atoms with Crippen LogP contribution in [0.3, 0.4) is 0 Å². The van der Waals surface area contributed by atoms with Crippen molar-refractivity contribution in [1.82, 2.24) is 0 Å². The molecular weight excluding hydrogens is 353 g/mol. The molecule has 0 fully saturated rings. The maximum atomic E-state index is 13.2. The molecular formula is C10H13F9NO3+. The van der Waals surface area contributed by atoms with Crippen molar-refractivity contribution < 1.29 is 59.0 Å². The average molecular weight is 366 g/mol. The lowest BCUT2D eigenvalue weighted by Crippen LogP contribution is -2.62. The predicted octanol–water partition coefficient (Wildman–Crippen LogP) is 2.96. The summed E-state index contributed by atoms with van der Waals surface area (Å²) in [5, 5.41) is 17.8. The van der Waals surface area contributed by atoms with Gasteiger partial charge in [-0.15, -0.1) is 0 Å². The quantitative estimate of drug-likeness (QED) is 0.561. The number of quaternary nitrogens is 1. The predicted molar refractivity (Wildman–Crippen MR) is 56.5 cm³/mol. The number of alkyl halides is 9. The van der Waals surface area contributed by atoms with Gasteiger partial charge in [0.1, 0.15) is 12.6 Å². The van der Waals surface area contributed by atoms with Crippen LogP contribution >= 0.6 is 0 Å². The van der Waals surface area contributed by atoms with Gasteiger partial charge >= 0.3 is 30.0 Å². The van der Waals surface area contributed by atoms with Crippen LogP contribution in [0.4, 0.5) is 44.3 Å². The van der Waals surface area contributed by atoms with E-state index in [4.69, 9.17) is 5.11 Å². The van der Waals surface area contributed by atoms with Crippen LogP contribution in [0.1, 0.15) is 6.42 Å². The molecule has 138 valence electrons. The van der Waals surface area contributed by atoms with Crippen molar-refractivity contribution in [2.24, 2.45) is 0 Å². The van der Waals surface area contributed by atoms with Crippen LogP contribution in [0, 0.1) is 0 Å². The molecule has 2 N–H and O–H groups in total. The Bertz CT molecular complexity index is 447. The van der Waals surface area contributed by atoms with E-state index < -0.39 is 53.6 Å². The first kappa shape index (κ1) is 21.8. The molecule has 0 saturated heterocycles. The topological polar surface area (TPSA) is 57.5 Å². The highest BCUT2D eigenvalue weighted by molar-refractivity contribution is 5.56. The second kappa shape index (κ2) is 6.00. The first-order valence-electron chi connectivity index (χ1n) is 5.74. The summed E-state index contributed by atoms with van der Waals surface area (Å²) in [7, 11) is 1.71. The summed E-state index contributed by atoms with van der Waals surface area (Å²) in [6.07, 6.45) is -13.7. The zero-order chi connectivity index (χ0) is 19.1. The fourth-order valence-electron chi connectivity index (χ4n) is 1.50. The third-order valence-electron chi connectivity index (χ3n) is 2.89. The number of likely N-dealkylation sites (N-methyl/N-ethyl adjacent to an activating group) is 1. The third-order valence-corrected chi connectivity index (χ3v) is 2.89. The highest BCUT2D eigenvalue weighted by Crippen LogP contribution is 2.54. The smallest absolute Gasteiger partial charge is 0.435 e. The summed E-state index contributed by atoms with van der Waals surface area (Å²) < 4.78 is 112. The summed E-state index contributed by atoms with van der Waals surface area (Å²) >= 11 is 0. The van der Waals surface area contributed by atoms with Gasteiger partial charge in [0.2, 0.25) is 0 Å². The minimum Gasteiger partial charge on any atom is -0.435 e. The summed E-state index contributed by atoms with van der Waals surface area (Å²) in [6, 6.07) is 0. The minimum absolute atomic E-state index is 0.853.